The lowest BCUT2D eigenvalue weighted by Gasteiger charge is -2.14. The number of nitrogens with zero attached hydrogens (tertiary/aromatic N) is 3. The summed E-state index contributed by atoms with van der Waals surface area (Å²) in [7, 11) is 1.94. The molecule has 0 aliphatic carbocycles. The van der Waals surface area contributed by atoms with Crippen molar-refractivity contribution >= 4 is 32.8 Å². The van der Waals surface area contributed by atoms with E-state index in [0.29, 0.717) is 12.5 Å². The van der Waals surface area contributed by atoms with E-state index in [2.05, 4.69) is 25.9 Å². The van der Waals surface area contributed by atoms with Crippen LogP contribution >= 0.6 is 15.9 Å². The molecule has 0 unspecified atom stereocenters. The van der Waals surface area contributed by atoms with Crippen LogP contribution < -0.4 is 4.90 Å². The molecule has 0 bridgehead atoms. The van der Waals surface area contributed by atoms with Crippen LogP contribution in [-0.4, -0.2) is 17.0 Å². The van der Waals surface area contributed by atoms with Gasteiger partial charge in [0.1, 0.15) is 11.3 Å². The molecule has 0 aliphatic heterocycles. The number of para-hydroxylation sites is 1. The van der Waals surface area contributed by atoms with Crippen molar-refractivity contribution in [1.82, 2.24) is 9.97 Å². The van der Waals surface area contributed by atoms with Crippen molar-refractivity contribution in [2.75, 3.05) is 11.9 Å². The number of rotatable bonds is 3. The maximum absolute atomic E-state index is 5.78. The minimum absolute atomic E-state index is 0.635. The van der Waals surface area contributed by atoms with E-state index in [0.717, 1.165) is 21.2 Å². The maximum atomic E-state index is 5.78. The lowest BCUT2D eigenvalue weighted by atomic mass is 10.2. The molecular formula is C14H12BrN3O. The van der Waals surface area contributed by atoms with Crippen LogP contribution in [0.25, 0.3) is 11.0 Å². The van der Waals surface area contributed by atoms with Crippen molar-refractivity contribution in [2.24, 2.45) is 0 Å². The average Bonchev–Trinajstić information content (AvgIpc) is 2.81. The molecular weight excluding hydrogens is 306 g/mol. The number of hydrogen-bond donors (Lipinski definition) is 0. The predicted octanol–water partition coefficient (Wildman–Crippen LogP) is 3.62. The Balaban J connectivity index is 1.82. The van der Waals surface area contributed by atoms with E-state index in [-0.39, 0.29) is 0 Å². The van der Waals surface area contributed by atoms with Gasteiger partial charge < -0.3 is 9.32 Å². The summed E-state index contributed by atoms with van der Waals surface area (Å²) in [5.41, 5.74) is 0.905. The fourth-order valence-corrected chi connectivity index (χ4v) is 2.13. The van der Waals surface area contributed by atoms with Crippen LogP contribution in [0.15, 0.2) is 51.6 Å². The van der Waals surface area contributed by atoms with Gasteiger partial charge in [0.25, 0.3) is 0 Å². The molecule has 0 spiro atoms. The van der Waals surface area contributed by atoms with E-state index in [1.165, 1.54) is 0 Å². The van der Waals surface area contributed by atoms with E-state index in [9.17, 15) is 0 Å². The largest absolute Gasteiger partial charge is 0.459 e. The summed E-state index contributed by atoms with van der Waals surface area (Å²) < 4.78 is 6.65. The van der Waals surface area contributed by atoms with Gasteiger partial charge in [-0.3, -0.25) is 0 Å². The molecule has 1 aromatic carbocycles. The highest BCUT2D eigenvalue weighted by Gasteiger charge is 2.09. The zero-order valence-electron chi connectivity index (χ0n) is 10.4. The molecule has 2 heterocycles. The molecule has 3 aromatic rings. The molecule has 0 radical (unpaired) electrons. The second-order valence-electron chi connectivity index (χ2n) is 4.31. The van der Waals surface area contributed by atoms with Crippen molar-refractivity contribution in [3.63, 3.8) is 0 Å². The van der Waals surface area contributed by atoms with E-state index in [1.54, 1.807) is 12.4 Å². The second-order valence-corrected chi connectivity index (χ2v) is 5.22. The Kier molecular flexibility index (Phi) is 3.21. The lowest BCUT2D eigenvalue weighted by molar-refractivity contribution is 0.544. The Hall–Kier alpha value is -1.88. The van der Waals surface area contributed by atoms with Crippen LogP contribution in [0.4, 0.5) is 5.95 Å². The van der Waals surface area contributed by atoms with Crippen LogP contribution in [0.5, 0.6) is 0 Å². The topological polar surface area (TPSA) is 42.2 Å². The molecule has 19 heavy (non-hydrogen) atoms. The maximum Gasteiger partial charge on any atom is 0.225 e. The first-order valence-electron chi connectivity index (χ1n) is 5.88. The van der Waals surface area contributed by atoms with Gasteiger partial charge in [0.2, 0.25) is 5.95 Å². The van der Waals surface area contributed by atoms with Gasteiger partial charge in [-0.1, -0.05) is 18.2 Å². The zero-order valence-corrected chi connectivity index (χ0v) is 12.0. The minimum Gasteiger partial charge on any atom is -0.459 e. The number of furan rings is 1. The number of aromatic nitrogens is 2. The molecule has 96 valence electrons. The minimum atomic E-state index is 0.635. The normalized spacial score (nSPS) is 10.8. The van der Waals surface area contributed by atoms with E-state index >= 15 is 0 Å². The first-order chi connectivity index (χ1) is 9.22. The van der Waals surface area contributed by atoms with Crippen LogP contribution in [0.2, 0.25) is 0 Å². The Morgan fingerprint density at radius 1 is 1.21 bits per heavy atom. The first kappa shape index (κ1) is 12.2. The number of anilines is 1. The number of fused-ring (bicyclic) bond motifs is 1. The second kappa shape index (κ2) is 5.01. The zero-order chi connectivity index (χ0) is 13.2. The number of benzene rings is 1. The predicted molar refractivity (Wildman–Crippen MR) is 78.1 cm³/mol. The quantitative estimate of drug-likeness (QED) is 0.740. The van der Waals surface area contributed by atoms with Crippen LogP contribution in [0, 0.1) is 0 Å². The number of halogens is 1. The average molecular weight is 318 g/mol. The summed E-state index contributed by atoms with van der Waals surface area (Å²) >= 11 is 3.32. The highest BCUT2D eigenvalue weighted by molar-refractivity contribution is 9.10. The molecule has 0 saturated carbocycles. The van der Waals surface area contributed by atoms with Crippen molar-refractivity contribution < 1.29 is 4.42 Å². The standard InChI is InChI=1S/C14H12BrN3O/c1-18(14-16-7-11(15)8-17-14)9-12-6-10-4-2-3-5-13(10)19-12/h2-8H,9H2,1H3. The summed E-state index contributed by atoms with van der Waals surface area (Å²) in [5, 5.41) is 1.11. The molecule has 4 nitrogen and oxygen atoms in total. The molecule has 2 aromatic heterocycles. The molecule has 0 amide bonds. The van der Waals surface area contributed by atoms with Crippen molar-refractivity contribution in [1.29, 1.82) is 0 Å². The van der Waals surface area contributed by atoms with Crippen LogP contribution in [-0.2, 0) is 6.54 Å². The van der Waals surface area contributed by atoms with Crippen molar-refractivity contribution in [2.45, 2.75) is 6.54 Å². The molecule has 5 heteroatoms. The summed E-state index contributed by atoms with van der Waals surface area (Å²) in [6, 6.07) is 10.0. The van der Waals surface area contributed by atoms with Gasteiger partial charge in [0, 0.05) is 24.8 Å². The van der Waals surface area contributed by atoms with Crippen LogP contribution in [0.3, 0.4) is 0 Å². The fraction of sp³-hybridized carbons (Fsp3) is 0.143. The van der Waals surface area contributed by atoms with Crippen molar-refractivity contribution in [3.8, 4) is 0 Å². The molecule has 0 saturated heterocycles. The van der Waals surface area contributed by atoms with Crippen molar-refractivity contribution in [3.05, 3.63) is 53.0 Å². The van der Waals surface area contributed by atoms with Gasteiger partial charge in [-0.05, 0) is 28.1 Å². The van der Waals surface area contributed by atoms with Gasteiger partial charge >= 0.3 is 0 Å². The van der Waals surface area contributed by atoms with Gasteiger partial charge in [-0.25, -0.2) is 9.97 Å². The Bertz CT molecular complexity index is 660. The fourth-order valence-electron chi connectivity index (χ4n) is 1.92. The highest BCUT2D eigenvalue weighted by Crippen LogP contribution is 2.20. The Labute approximate surface area is 119 Å². The molecule has 0 atom stereocenters. The molecule has 3 rings (SSSR count). The summed E-state index contributed by atoms with van der Waals surface area (Å²) in [4.78, 5) is 10.5. The monoisotopic (exact) mass is 317 g/mol. The summed E-state index contributed by atoms with van der Waals surface area (Å²) in [6.07, 6.45) is 3.47. The van der Waals surface area contributed by atoms with E-state index < -0.39 is 0 Å². The third-order valence-electron chi connectivity index (χ3n) is 2.82. The third-order valence-corrected chi connectivity index (χ3v) is 3.23. The molecule has 0 fully saturated rings. The molecule has 0 N–H and O–H groups in total. The SMILES string of the molecule is CN(Cc1cc2ccccc2o1)c1ncc(Br)cn1. The summed E-state index contributed by atoms with van der Waals surface area (Å²) in [6.45, 7) is 0.635. The van der Waals surface area contributed by atoms with Gasteiger partial charge in [-0.15, -0.1) is 0 Å². The van der Waals surface area contributed by atoms with Gasteiger partial charge in [0.05, 0.1) is 11.0 Å². The van der Waals surface area contributed by atoms with E-state index in [4.69, 9.17) is 4.42 Å². The van der Waals surface area contributed by atoms with E-state index in [1.807, 2.05) is 42.3 Å². The van der Waals surface area contributed by atoms with Crippen LogP contribution in [0.1, 0.15) is 5.76 Å². The summed E-state index contributed by atoms with van der Waals surface area (Å²) in [5.74, 6) is 1.57. The smallest absolute Gasteiger partial charge is 0.225 e. The highest BCUT2D eigenvalue weighted by atomic mass is 79.9. The lowest BCUT2D eigenvalue weighted by Crippen LogP contribution is -2.18. The molecule has 0 aliphatic rings. The van der Waals surface area contributed by atoms with Gasteiger partial charge in [0.15, 0.2) is 0 Å². The first-order valence-corrected chi connectivity index (χ1v) is 6.68. The number of hydrogen-bond acceptors (Lipinski definition) is 4. The Morgan fingerprint density at radius 3 is 2.68 bits per heavy atom. The third kappa shape index (κ3) is 2.61. The Morgan fingerprint density at radius 2 is 1.95 bits per heavy atom. The van der Waals surface area contributed by atoms with Gasteiger partial charge in [-0.2, -0.15) is 0 Å².